The lowest BCUT2D eigenvalue weighted by atomic mass is 10.0. The van der Waals surface area contributed by atoms with Gasteiger partial charge in [-0.15, -0.1) is 0 Å². The van der Waals surface area contributed by atoms with Crippen molar-refractivity contribution >= 4 is 65.4 Å². The first-order valence-electron chi connectivity index (χ1n) is 15.5. The van der Waals surface area contributed by atoms with E-state index in [1.807, 2.05) is 30.3 Å². The van der Waals surface area contributed by atoms with E-state index in [-0.39, 0.29) is 0 Å². The number of nitrogens with zero attached hydrogens (tertiary/aromatic N) is 3. The molecule has 4 nitrogen and oxygen atoms in total. The highest BCUT2D eigenvalue weighted by Crippen LogP contribution is 2.38. The van der Waals surface area contributed by atoms with Gasteiger partial charge in [-0.25, -0.2) is 9.97 Å². The third kappa shape index (κ3) is 3.74. The third-order valence-electron chi connectivity index (χ3n) is 9.17. The van der Waals surface area contributed by atoms with Crippen LogP contribution in [0, 0.1) is 0 Å². The normalized spacial score (nSPS) is 11.9. The largest absolute Gasteiger partial charge is 0.456 e. The van der Waals surface area contributed by atoms with Gasteiger partial charge in [-0.3, -0.25) is 4.57 Å². The zero-order valence-electron chi connectivity index (χ0n) is 24.7. The first kappa shape index (κ1) is 25.1. The summed E-state index contributed by atoms with van der Waals surface area (Å²) in [6, 6.07) is 53.2. The maximum atomic E-state index is 6.23. The van der Waals surface area contributed by atoms with Gasteiger partial charge in [0.1, 0.15) is 17.0 Å². The molecule has 0 saturated carbocycles. The summed E-state index contributed by atoms with van der Waals surface area (Å²) < 4.78 is 8.54. The van der Waals surface area contributed by atoms with Crippen LogP contribution in [0.1, 0.15) is 0 Å². The summed E-state index contributed by atoms with van der Waals surface area (Å²) in [7, 11) is 0. The quantitative estimate of drug-likeness (QED) is 0.207. The van der Waals surface area contributed by atoms with Gasteiger partial charge in [0.2, 0.25) is 0 Å². The van der Waals surface area contributed by atoms with E-state index in [2.05, 4.69) is 126 Å². The highest BCUT2D eigenvalue weighted by atomic mass is 16.3. The zero-order valence-corrected chi connectivity index (χ0v) is 24.7. The Kier molecular flexibility index (Phi) is 5.25. The summed E-state index contributed by atoms with van der Waals surface area (Å²) in [5.74, 6) is 1.56. The SMILES string of the molecule is c1ccc(-c2nc(-n3c4ccccc4c4cc5ccccc5cc43)c3ccc(-c4ccc5c(c4)oc4ccccc45)cc3n2)cc1. The van der Waals surface area contributed by atoms with Gasteiger partial charge < -0.3 is 4.42 Å². The van der Waals surface area contributed by atoms with Crippen molar-refractivity contribution in [2.24, 2.45) is 0 Å². The van der Waals surface area contributed by atoms with E-state index >= 15 is 0 Å². The summed E-state index contributed by atoms with van der Waals surface area (Å²) in [6.45, 7) is 0. The maximum Gasteiger partial charge on any atom is 0.162 e. The molecule has 4 heteroatoms. The van der Waals surface area contributed by atoms with E-state index in [9.17, 15) is 0 Å². The molecule has 0 unspecified atom stereocenters. The Balaban J connectivity index is 1.25. The van der Waals surface area contributed by atoms with Crippen molar-refractivity contribution in [1.82, 2.24) is 14.5 Å². The Bertz CT molecular complexity index is 2810. The average molecular weight is 588 g/mol. The molecule has 0 bridgehead atoms. The van der Waals surface area contributed by atoms with Crippen LogP contribution in [-0.4, -0.2) is 14.5 Å². The fraction of sp³-hybridized carbons (Fsp3) is 0. The highest BCUT2D eigenvalue weighted by Gasteiger charge is 2.19. The predicted molar refractivity (Wildman–Crippen MR) is 190 cm³/mol. The van der Waals surface area contributed by atoms with Gasteiger partial charge in [-0.05, 0) is 70.4 Å². The molecule has 0 saturated heterocycles. The van der Waals surface area contributed by atoms with Crippen molar-refractivity contribution in [3.05, 3.63) is 152 Å². The predicted octanol–water partition coefficient (Wildman–Crippen LogP) is 11.1. The Morgan fingerprint density at radius 1 is 0.413 bits per heavy atom. The van der Waals surface area contributed by atoms with Crippen LogP contribution in [0.5, 0.6) is 0 Å². The summed E-state index contributed by atoms with van der Waals surface area (Å²) in [6.07, 6.45) is 0. The number of para-hydroxylation sites is 2. The van der Waals surface area contributed by atoms with Gasteiger partial charge in [0.25, 0.3) is 0 Å². The fourth-order valence-corrected chi connectivity index (χ4v) is 6.97. The van der Waals surface area contributed by atoms with E-state index < -0.39 is 0 Å². The monoisotopic (exact) mass is 587 g/mol. The Morgan fingerprint density at radius 3 is 1.96 bits per heavy atom. The van der Waals surface area contributed by atoms with Gasteiger partial charge in [-0.2, -0.15) is 0 Å². The molecule has 0 aliphatic heterocycles. The molecule has 0 aliphatic rings. The van der Waals surface area contributed by atoms with Crippen LogP contribution in [0.4, 0.5) is 0 Å². The molecular formula is C42H25N3O. The fourth-order valence-electron chi connectivity index (χ4n) is 6.97. The first-order valence-corrected chi connectivity index (χ1v) is 15.5. The van der Waals surface area contributed by atoms with Gasteiger partial charge in [0, 0.05) is 32.5 Å². The lowest BCUT2D eigenvalue weighted by Gasteiger charge is -2.14. The van der Waals surface area contributed by atoms with Crippen molar-refractivity contribution in [3.8, 4) is 28.3 Å². The second-order valence-corrected chi connectivity index (χ2v) is 11.8. The van der Waals surface area contributed by atoms with Crippen molar-refractivity contribution in [2.45, 2.75) is 0 Å². The second kappa shape index (κ2) is 9.62. The topological polar surface area (TPSA) is 43.9 Å². The summed E-state index contributed by atoms with van der Waals surface area (Å²) in [5, 5.41) is 8.07. The number of benzene rings is 7. The van der Waals surface area contributed by atoms with Crippen LogP contribution in [0.3, 0.4) is 0 Å². The van der Waals surface area contributed by atoms with E-state index in [0.717, 1.165) is 66.4 Å². The maximum absolute atomic E-state index is 6.23. The van der Waals surface area contributed by atoms with E-state index in [4.69, 9.17) is 14.4 Å². The number of hydrogen-bond acceptors (Lipinski definition) is 3. The summed E-state index contributed by atoms with van der Waals surface area (Å²) >= 11 is 0. The highest BCUT2D eigenvalue weighted by molar-refractivity contribution is 6.14. The van der Waals surface area contributed by atoms with Gasteiger partial charge in [0.05, 0.1) is 16.6 Å². The smallest absolute Gasteiger partial charge is 0.162 e. The minimum atomic E-state index is 0.694. The molecule has 46 heavy (non-hydrogen) atoms. The molecule has 0 amide bonds. The van der Waals surface area contributed by atoms with Crippen molar-refractivity contribution < 1.29 is 4.42 Å². The van der Waals surface area contributed by atoms with E-state index in [0.29, 0.717) is 5.82 Å². The molecule has 0 aliphatic carbocycles. The lowest BCUT2D eigenvalue weighted by molar-refractivity contribution is 0.669. The van der Waals surface area contributed by atoms with Crippen LogP contribution in [0.25, 0.3) is 93.8 Å². The number of rotatable bonds is 3. The van der Waals surface area contributed by atoms with Crippen molar-refractivity contribution in [1.29, 1.82) is 0 Å². The summed E-state index contributed by atoms with van der Waals surface area (Å²) in [5.41, 5.74) is 8.04. The average Bonchev–Trinajstić information content (AvgIpc) is 3.65. The van der Waals surface area contributed by atoms with Crippen LogP contribution in [0.15, 0.2) is 156 Å². The number of aromatic nitrogens is 3. The molecule has 10 aromatic rings. The third-order valence-corrected chi connectivity index (χ3v) is 9.17. The van der Waals surface area contributed by atoms with Crippen LogP contribution in [-0.2, 0) is 0 Å². The van der Waals surface area contributed by atoms with Crippen molar-refractivity contribution in [2.75, 3.05) is 0 Å². The molecule has 10 rings (SSSR count). The molecule has 0 radical (unpaired) electrons. The first-order chi connectivity index (χ1) is 22.8. The number of furan rings is 1. The van der Waals surface area contributed by atoms with Crippen LogP contribution in [0.2, 0.25) is 0 Å². The van der Waals surface area contributed by atoms with E-state index in [1.165, 1.54) is 21.5 Å². The Labute approximate surface area is 263 Å². The minimum absolute atomic E-state index is 0.694. The molecule has 7 aromatic carbocycles. The van der Waals surface area contributed by atoms with Gasteiger partial charge in [0.15, 0.2) is 5.82 Å². The van der Waals surface area contributed by atoms with Crippen molar-refractivity contribution in [3.63, 3.8) is 0 Å². The van der Waals surface area contributed by atoms with E-state index in [1.54, 1.807) is 0 Å². The molecule has 0 atom stereocenters. The molecule has 3 heterocycles. The Morgan fingerprint density at radius 2 is 1.09 bits per heavy atom. The molecule has 3 aromatic heterocycles. The summed E-state index contributed by atoms with van der Waals surface area (Å²) in [4.78, 5) is 10.5. The Hall–Kier alpha value is -6.26. The van der Waals surface area contributed by atoms with Crippen LogP contribution < -0.4 is 0 Å². The number of fused-ring (bicyclic) bond motifs is 8. The molecule has 214 valence electrons. The molecule has 0 N–H and O–H groups in total. The lowest BCUT2D eigenvalue weighted by Crippen LogP contribution is -2.03. The number of hydrogen-bond donors (Lipinski definition) is 0. The zero-order chi connectivity index (χ0) is 30.2. The second-order valence-electron chi connectivity index (χ2n) is 11.8. The van der Waals surface area contributed by atoms with Gasteiger partial charge in [-0.1, -0.05) is 103 Å². The van der Waals surface area contributed by atoms with Gasteiger partial charge >= 0.3 is 0 Å². The van der Waals surface area contributed by atoms with Crippen LogP contribution >= 0.6 is 0 Å². The molecule has 0 fully saturated rings. The standard InChI is InChI=1S/C42H25N3O/c1-2-10-26(11-3-1)41-43-36-23-29(30-18-20-33-32-15-7-9-17-39(32)46-40(33)25-30)19-21-34(36)42(44-41)45-37-16-8-6-14-31(37)35-22-27-12-4-5-13-28(27)24-38(35)45/h1-25H. The molecule has 0 spiro atoms. The molecular weight excluding hydrogens is 562 g/mol. The minimum Gasteiger partial charge on any atom is -0.456 e.